The number of fused-ring (bicyclic) bond motifs is 1. The Labute approximate surface area is 126 Å². The van der Waals surface area contributed by atoms with E-state index >= 15 is 0 Å². The van der Waals surface area contributed by atoms with Crippen LogP contribution in [0.4, 0.5) is 5.69 Å². The van der Waals surface area contributed by atoms with Crippen LogP contribution in [0.1, 0.15) is 34.6 Å². The fraction of sp³-hybridized carbons (Fsp3) is 0.250. The molecule has 1 aromatic heterocycles. The highest BCUT2D eigenvalue weighted by Crippen LogP contribution is 2.38. The summed E-state index contributed by atoms with van der Waals surface area (Å²) in [7, 11) is 1.57. The van der Waals surface area contributed by atoms with Crippen LogP contribution >= 0.6 is 11.3 Å². The van der Waals surface area contributed by atoms with Gasteiger partial charge in [0.1, 0.15) is 5.75 Å². The number of benzene rings is 1. The lowest BCUT2D eigenvalue weighted by atomic mass is 9.85. The highest BCUT2D eigenvalue weighted by atomic mass is 32.1. The molecule has 1 amide bonds. The average molecular weight is 301 g/mol. The second kappa shape index (κ2) is 4.70. The van der Waals surface area contributed by atoms with Crippen molar-refractivity contribution in [3.63, 3.8) is 0 Å². The number of anilines is 1. The van der Waals surface area contributed by atoms with Gasteiger partial charge < -0.3 is 10.1 Å². The van der Waals surface area contributed by atoms with E-state index in [2.05, 4.69) is 5.32 Å². The summed E-state index contributed by atoms with van der Waals surface area (Å²) < 4.78 is 5.11. The van der Waals surface area contributed by atoms with E-state index in [1.54, 1.807) is 30.7 Å². The van der Waals surface area contributed by atoms with Crippen LogP contribution < -0.4 is 10.1 Å². The summed E-state index contributed by atoms with van der Waals surface area (Å²) in [4.78, 5) is 25.1. The number of hydrogen-bond donors (Lipinski definition) is 1. The van der Waals surface area contributed by atoms with Crippen molar-refractivity contribution < 1.29 is 14.3 Å². The number of carbonyl (C=O) groups excluding carboxylic acids is 2. The molecule has 108 valence electrons. The van der Waals surface area contributed by atoms with Crippen molar-refractivity contribution in [2.75, 3.05) is 12.4 Å². The molecule has 0 aliphatic carbocycles. The topological polar surface area (TPSA) is 55.4 Å². The number of ether oxygens (including phenoxy) is 1. The van der Waals surface area contributed by atoms with E-state index in [1.165, 1.54) is 11.3 Å². The summed E-state index contributed by atoms with van der Waals surface area (Å²) in [6.45, 7) is 3.72. The first-order chi connectivity index (χ1) is 9.93. The summed E-state index contributed by atoms with van der Waals surface area (Å²) in [6.07, 6.45) is 0. The normalized spacial score (nSPS) is 15.5. The zero-order valence-electron chi connectivity index (χ0n) is 12.0. The third-order valence-electron chi connectivity index (χ3n) is 3.81. The number of hydrogen-bond acceptors (Lipinski definition) is 4. The van der Waals surface area contributed by atoms with Gasteiger partial charge in [-0.05, 0) is 37.6 Å². The molecule has 0 saturated heterocycles. The lowest BCUT2D eigenvalue weighted by Crippen LogP contribution is -2.27. The van der Waals surface area contributed by atoms with Crippen LogP contribution in [0.15, 0.2) is 29.6 Å². The SMILES string of the molecule is COc1csc(C(=O)c2ccc3c(c2)C(C)(C)C(=O)N3)c1. The molecule has 0 fully saturated rings. The maximum Gasteiger partial charge on any atom is 0.234 e. The molecular formula is C16H15NO3S. The minimum Gasteiger partial charge on any atom is -0.496 e. The molecule has 0 saturated carbocycles. The molecule has 0 bridgehead atoms. The average Bonchev–Trinajstić information content (AvgIpc) is 3.02. The van der Waals surface area contributed by atoms with E-state index in [9.17, 15) is 9.59 Å². The van der Waals surface area contributed by atoms with Gasteiger partial charge in [-0.25, -0.2) is 0 Å². The Bertz CT molecular complexity index is 746. The molecule has 1 aromatic carbocycles. The van der Waals surface area contributed by atoms with Gasteiger partial charge in [-0.15, -0.1) is 11.3 Å². The predicted molar refractivity (Wildman–Crippen MR) is 82.4 cm³/mol. The van der Waals surface area contributed by atoms with Gasteiger partial charge in [0.25, 0.3) is 0 Å². The summed E-state index contributed by atoms with van der Waals surface area (Å²) in [6, 6.07) is 7.08. The number of amides is 1. The van der Waals surface area contributed by atoms with E-state index in [0.29, 0.717) is 16.2 Å². The van der Waals surface area contributed by atoms with Gasteiger partial charge in [0.15, 0.2) is 0 Å². The van der Waals surface area contributed by atoms with Crippen molar-refractivity contribution in [3.8, 4) is 5.75 Å². The largest absolute Gasteiger partial charge is 0.496 e. The van der Waals surface area contributed by atoms with Gasteiger partial charge in [-0.2, -0.15) is 0 Å². The Morgan fingerprint density at radius 2 is 2.05 bits per heavy atom. The van der Waals surface area contributed by atoms with Crippen molar-refractivity contribution in [2.45, 2.75) is 19.3 Å². The molecule has 5 heteroatoms. The van der Waals surface area contributed by atoms with Gasteiger partial charge in [0, 0.05) is 22.7 Å². The molecule has 0 unspecified atom stereocenters. The summed E-state index contributed by atoms with van der Waals surface area (Å²) in [5, 5.41) is 4.64. The first-order valence-electron chi connectivity index (χ1n) is 6.56. The zero-order valence-corrected chi connectivity index (χ0v) is 12.8. The number of nitrogens with one attached hydrogen (secondary N) is 1. The fourth-order valence-electron chi connectivity index (χ4n) is 2.40. The van der Waals surface area contributed by atoms with Crippen molar-refractivity contribution in [3.05, 3.63) is 45.6 Å². The second-order valence-electron chi connectivity index (χ2n) is 5.52. The summed E-state index contributed by atoms with van der Waals surface area (Å²) >= 11 is 1.35. The Hall–Kier alpha value is -2.14. The lowest BCUT2D eigenvalue weighted by molar-refractivity contribution is -0.119. The molecule has 1 aliphatic heterocycles. The van der Waals surface area contributed by atoms with E-state index < -0.39 is 5.41 Å². The van der Waals surface area contributed by atoms with E-state index in [-0.39, 0.29) is 11.7 Å². The van der Waals surface area contributed by atoms with Crippen LogP contribution in [0.2, 0.25) is 0 Å². The van der Waals surface area contributed by atoms with Gasteiger partial charge in [0.2, 0.25) is 11.7 Å². The van der Waals surface area contributed by atoms with Gasteiger partial charge in [0.05, 0.1) is 17.4 Å². The highest BCUT2D eigenvalue weighted by Gasteiger charge is 2.38. The van der Waals surface area contributed by atoms with Gasteiger partial charge in [-0.1, -0.05) is 0 Å². The minimum absolute atomic E-state index is 0.0418. The van der Waals surface area contributed by atoms with Crippen LogP contribution in [0.25, 0.3) is 0 Å². The Balaban J connectivity index is 2.00. The van der Waals surface area contributed by atoms with Crippen molar-refractivity contribution in [2.24, 2.45) is 0 Å². The van der Waals surface area contributed by atoms with Crippen LogP contribution in [-0.4, -0.2) is 18.8 Å². The molecule has 0 radical (unpaired) electrons. The molecule has 1 N–H and O–H groups in total. The smallest absolute Gasteiger partial charge is 0.234 e. The standard InChI is InChI=1S/C16H15NO3S/c1-16(2)11-6-9(4-5-12(11)17-15(16)19)14(18)13-7-10(20-3)8-21-13/h4-8H,1-3H3,(H,17,19). The number of methoxy groups -OCH3 is 1. The second-order valence-corrected chi connectivity index (χ2v) is 6.43. The molecule has 2 heterocycles. The number of rotatable bonds is 3. The maximum atomic E-state index is 12.5. The summed E-state index contributed by atoms with van der Waals surface area (Å²) in [5.41, 5.74) is 1.62. The van der Waals surface area contributed by atoms with Crippen LogP contribution in [0, 0.1) is 0 Å². The highest BCUT2D eigenvalue weighted by molar-refractivity contribution is 7.12. The molecule has 0 atom stereocenters. The third-order valence-corrected chi connectivity index (χ3v) is 4.71. The van der Waals surface area contributed by atoms with Crippen LogP contribution in [0.5, 0.6) is 5.75 Å². The van der Waals surface area contributed by atoms with Gasteiger partial charge >= 0.3 is 0 Å². The van der Waals surface area contributed by atoms with Gasteiger partial charge in [-0.3, -0.25) is 9.59 Å². The molecule has 1 aliphatic rings. The van der Waals surface area contributed by atoms with Crippen molar-refractivity contribution in [1.29, 1.82) is 0 Å². The first kappa shape index (κ1) is 13.8. The van der Waals surface area contributed by atoms with E-state index in [4.69, 9.17) is 4.74 Å². The van der Waals surface area contributed by atoms with E-state index in [0.717, 1.165) is 11.3 Å². The molecule has 0 spiro atoms. The van der Waals surface area contributed by atoms with Crippen molar-refractivity contribution >= 4 is 28.7 Å². The Morgan fingerprint density at radius 1 is 1.29 bits per heavy atom. The monoisotopic (exact) mass is 301 g/mol. The maximum absolute atomic E-state index is 12.5. The minimum atomic E-state index is -0.612. The Kier molecular flexibility index (Phi) is 3.10. The molecule has 3 rings (SSSR count). The number of ketones is 1. The third kappa shape index (κ3) is 2.14. The van der Waals surface area contributed by atoms with Crippen LogP contribution in [-0.2, 0) is 10.2 Å². The van der Waals surface area contributed by atoms with E-state index in [1.807, 2.05) is 19.9 Å². The predicted octanol–water partition coefficient (Wildman–Crippen LogP) is 3.22. The molecular weight excluding hydrogens is 286 g/mol. The Morgan fingerprint density at radius 3 is 2.71 bits per heavy atom. The van der Waals surface area contributed by atoms with Crippen LogP contribution in [0.3, 0.4) is 0 Å². The molecule has 2 aromatic rings. The van der Waals surface area contributed by atoms with Crippen molar-refractivity contribution in [1.82, 2.24) is 0 Å². The lowest BCUT2D eigenvalue weighted by Gasteiger charge is -2.15. The summed E-state index contributed by atoms with van der Waals surface area (Å²) in [5.74, 6) is 0.586. The quantitative estimate of drug-likeness (QED) is 0.886. The number of thiophene rings is 1. The molecule has 21 heavy (non-hydrogen) atoms. The number of carbonyl (C=O) groups is 2. The zero-order chi connectivity index (χ0) is 15.2. The first-order valence-corrected chi connectivity index (χ1v) is 7.44. The fourth-order valence-corrected chi connectivity index (χ4v) is 3.22. The molecule has 4 nitrogen and oxygen atoms in total.